The van der Waals surface area contributed by atoms with Gasteiger partial charge in [0.2, 0.25) is 0 Å². The van der Waals surface area contributed by atoms with E-state index in [1.807, 2.05) is 0 Å². The van der Waals surface area contributed by atoms with Crippen molar-refractivity contribution < 1.29 is 19.1 Å². The third-order valence-electron chi connectivity index (χ3n) is 4.91. The number of carbonyl (C=O) groups excluding carboxylic acids is 3. The van der Waals surface area contributed by atoms with Crippen LogP contribution in [0.25, 0.3) is 0 Å². The number of halogens is 4. The fourth-order valence-electron chi connectivity index (χ4n) is 3.30. The number of hydrogen-bond acceptors (Lipinski definition) is 4. The Morgan fingerprint density at radius 1 is 0.806 bits per heavy atom. The molecule has 1 aliphatic heterocycles. The Kier molecular flexibility index (Phi) is 7.87. The van der Waals surface area contributed by atoms with Gasteiger partial charge in [-0.25, -0.2) is 4.90 Å². The molecular formula is C22H19Cl4NO4. The first kappa shape index (κ1) is 23.9. The molecule has 0 spiro atoms. The number of amides is 2. The third-order valence-corrected chi connectivity index (χ3v) is 6.71. The van der Waals surface area contributed by atoms with E-state index in [2.05, 4.69) is 6.92 Å². The minimum absolute atomic E-state index is 0.0907. The monoisotopic (exact) mass is 501 g/mol. The van der Waals surface area contributed by atoms with Crippen molar-refractivity contribution in [2.45, 2.75) is 45.4 Å². The molecule has 0 bridgehead atoms. The normalized spacial score (nSPS) is 13.0. The Morgan fingerprint density at radius 2 is 1.32 bits per heavy atom. The van der Waals surface area contributed by atoms with Gasteiger partial charge in [-0.1, -0.05) is 79.0 Å². The average Bonchev–Trinajstić information content (AvgIpc) is 3.01. The number of ether oxygens (including phenoxy) is 1. The summed E-state index contributed by atoms with van der Waals surface area (Å²) in [5.41, 5.74) is 0.0826. The van der Waals surface area contributed by atoms with Crippen LogP contribution in [0.2, 0.25) is 20.1 Å². The molecule has 1 heterocycles. The summed E-state index contributed by atoms with van der Waals surface area (Å²) in [5, 5.41) is -0.438. The van der Waals surface area contributed by atoms with Crippen molar-refractivity contribution in [2.75, 3.05) is 4.90 Å². The van der Waals surface area contributed by atoms with Crippen molar-refractivity contribution >= 4 is 69.9 Å². The van der Waals surface area contributed by atoms with E-state index in [9.17, 15) is 14.4 Å². The van der Waals surface area contributed by atoms with Crippen LogP contribution in [-0.2, 0) is 4.79 Å². The van der Waals surface area contributed by atoms with E-state index in [0.29, 0.717) is 12.2 Å². The molecule has 31 heavy (non-hydrogen) atoms. The minimum Gasteiger partial charge on any atom is -0.427 e. The van der Waals surface area contributed by atoms with Crippen LogP contribution in [0.4, 0.5) is 5.69 Å². The lowest BCUT2D eigenvalue weighted by Gasteiger charge is -2.14. The van der Waals surface area contributed by atoms with Crippen LogP contribution in [0.5, 0.6) is 5.75 Å². The van der Waals surface area contributed by atoms with Gasteiger partial charge >= 0.3 is 5.97 Å². The number of anilines is 1. The van der Waals surface area contributed by atoms with E-state index in [1.165, 1.54) is 24.3 Å². The SMILES string of the molecule is CCCCCCCC(=O)Oc1ccc(N2C(=O)c3c(Cl)c(Cl)c(Cl)c(Cl)c3C2=O)cc1. The molecule has 0 radical (unpaired) electrons. The molecule has 0 saturated carbocycles. The average molecular weight is 503 g/mol. The molecule has 164 valence electrons. The van der Waals surface area contributed by atoms with Crippen LogP contribution < -0.4 is 9.64 Å². The van der Waals surface area contributed by atoms with Gasteiger partial charge in [-0.2, -0.15) is 0 Å². The smallest absolute Gasteiger partial charge is 0.311 e. The molecule has 9 heteroatoms. The largest absolute Gasteiger partial charge is 0.427 e. The highest BCUT2D eigenvalue weighted by Crippen LogP contribution is 2.45. The lowest BCUT2D eigenvalue weighted by Crippen LogP contribution is -2.29. The zero-order valence-electron chi connectivity index (χ0n) is 16.6. The van der Waals surface area contributed by atoms with Gasteiger partial charge in [0.25, 0.3) is 11.8 Å². The molecule has 1 aliphatic rings. The Labute approximate surface area is 200 Å². The lowest BCUT2D eigenvalue weighted by molar-refractivity contribution is -0.134. The van der Waals surface area contributed by atoms with E-state index in [0.717, 1.165) is 37.0 Å². The van der Waals surface area contributed by atoms with Crippen molar-refractivity contribution in [1.82, 2.24) is 0 Å². The predicted molar refractivity (Wildman–Crippen MR) is 123 cm³/mol. The van der Waals surface area contributed by atoms with Crippen molar-refractivity contribution in [3.63, 3.8) is 0 Å². The summed E-state index contributed by atoms with van der Waals surface area (Å²) >= 11 is 24.3. The molecule has 0 atom stereocenters. The maximum atomic E-state index is 12.9. The highest BCUT2D eigenvalue weighted by atomic mass is 35.5. The van der Waals surface area contributed by atoms with Gasteiger partial charge in [-0.15, -0.1) is 0 Å². The van der Waals surface area contributed by atoms with Gasteiger partial charge in [0.1, 0.15) is 5.75 Å². The molecule has 3 rings (SSSR count). The van der Waals surface area contributed by atoms with Gasteiger partial charge in [-0.05, 0) is 30.7 Å². The van der Waals surface area contributed by atoms with E-state index in [1.54, 1.807) is 0 Å². The number of esters is 1. The van der Waals surface area contributed by atoms with Crippen LogP contribution in [0, 0.1) is 0 Å². The molecule has 0 saturated heterocycles. The zero-order chi connectivity index (χ0) is 22.7. The maximum absolute atomic E-state index is 12.9. The molecule has 2 amide bonds. The topological polar surface area (TPSA) is 63.7 Å². The molecule has 0 aromatic heterocycles. The fraction of sp³-hybridized carbons (Fsp3) is 0.318. The summed E-state index contributed by atoms with van der Waals surface area (Å²) in [6, 6.07) is 6.02. The van der Waals surface area contributed by atoms with Crippen LogP contribution in [-0.4, -0.2) is 17.8 Å². The number of fused-ring (bicyclic) bond motifs is 1. The molecule has 2 aromatic rings. The number of carbonyl (C=O) groups is 3. The quantitative estimate of drug-likeness (QED) is 0.0943. The Bertz CT molecular complexity index is 990. The van der Waals surface area contributed by atoms with Gasteiger partial charge in [-0.3, -0.25) is 14.4 Å². The van der Waals surface area contributed by atoms with Crippen LogP contribution in [0.1, 0.15) is 66.2 Å². The Morgan fingerprint density at radius 3 is 1.84 bits per heavy atom. The number of unbranched alkanes of at least 4 members (excludes halogenated alkanes) is 4. The van der Waals surface area contributed by atoms with Crippen molar-refractivity contribution in [1.29, 1.82) is 0 Å². The second kappa shape index (κ2) is 10.2. The summed E-state index contributed by atoms with van der Waals surface area (Å²) in [5.74, 6) is -1.33. The molecule has 2 aromatic carbocycles. The van der Waals surface area contributed by atoms with Gasteiger partial charge in [0, 0.05) is 6.42 Å². The summed E-state index contributed by atoms with van der Waals surface area (Å²) in [7, 11) is 0. The van der Waals surface area contributed by atoms with Gasteiger partial charge in [0.15, 0.2) is 0 Å². The maximum Gasteiger partial charge on any atom is 0.311 e. The second-order valence-corrected chi connectivity index (χ2v) is 8.60. The molecular weight excluding hydrogens is 484 g/mol. The van der Waals surface area contributed by atoms with E-state index >= 15 is 0 Å². The van der Waals surface area contributed by atoms with E-state index < -0.39 is 11.8 Å². The zero-order valence-corrected chi connectivity index (χ0v) is 19.7. The molecule has 0 N–H and O–H groups in total. The number of imide groups is 1. The van der Waals surface area contributed by atoms with Crippen LogP contribution in [0.3, 0.4) is 0 Å². The summed E-state index contributed by atoms with van der Waals surface area (Å²) in [4.78, 5) is 38.7. The number of hydrogen-bond donors (Lipinski definition) is 0. The minimum atomic E-state index is -0.665. The standard InChI is InChI=1S/C22H19Cl4NO4/c1-2-3-4-5-6-7-14(28)31-13-10-8-12(9-11-13)27-21(29)15-16(22(27)30)18(24)20(26)19(25)17(15)23/h8-11H,2-7H2,1H3. The molecule has 5 nitrogen and oxygen atoms in total. The Hall–Kier alpha value is -1.79. The summed E-state index contributed by atoms with van der Waals surface area (Å²) in [6.45, 7) is 2.13. The summed E-state index contributed by atoms with van der Waals surface area (Å²) in [6.07, 6.45) is 5.50. The second-order valence-electron chi connectivity index (χ2n) is 7.08. The highest BCUT2D eigenvalue weighted by Gasteiger charge is 2.42. The third kappa shape index (κ3) is 4.85. The first-order valence-corrected chi connectivity index (χ1v) is 11.3. The molecule has 0 fully saturated rings. The predicted octanol–water partition coefficient (Wildman–Crippen LogP) is 7.37. The Balaban J connectivity index is 1.72. The molecule has 0 aliphatic carbocycles. The number of rotatable bonds is 8. The van der Waals surface area contributed by atoms with Crippen molar-refractivity contribution in [2.24, 2.45) is 0 Å². The van der Waals surface area contributed by atoms with Gasteiger partial charge in [0.05, 0.1) is 36.9 Å². The van der Waals surface area contributed by atoms with Crippen LogP contribution in [0.15, 0.2) is 24.3 Å². The fourth-order valence-corrected chi connectivity index (χ4v) is 4.32. The first-order valence-electron chi connectivity index (χ1n) is 9.83. The van der Waals surface area contributed by atoms with Gasteiger partial charge < -0.3 is 4.74 Å². The lowest BCUT2D eigenvalue weighted by atomic mass is 10.1. The van der Waals surface area contributed by atoms with Crippen molar-refractivity contribution in [3.8, 4) is 5.75 Å². The number of nitrogens with zero attached hydrogens (tertiary/aromatic N) is 1. The summed E-state index contributed by atoms with van der Waals surface area (Å²) < 4.78 is 5.32. The van der Waals surface area contributed by atoms with Crippen molar-refractivity contribution in [3.05, 3.63) is 55.5 Å². The van der Waals surface area contributed by atoms with E-state index in [4.69, 9.17) is 51.1 Å². The van der Waals surface area contributed by atoms with E-state index in [-0.39, 0.29) is 42.9 Å². The first-order chi connectivity index (χ1) is 14.8. The van der Waals surface area contributed by atoms with Crippen LogP contribution >= 0.6 is 46.4 Å². The molecule has 0 unspecified atom stereocenters. The number of benzene rings is 2. The highest BCUT2D eigenvalue weighted by molar-refractivity contribution is 6.56.